The van der Waals surface area contributed by atoms with E-state index >= 15 is 0 Å². The first-order valence-corrected chi connectivity index (χ1v) is 5.35. The predicted molar refractivity (Wildman–Crippen MR) is 63.5 cm³/mol. The molecule has 0 atom stereocenters. The summed E-state index contributed by atoms with van der Waals surface area (Å²) >= 11 is 0. The number of unbranched alkanes of at least 4 members (excludes halogenated alkanes) is 5. The number of rotatable bonds is 7. The number of hydrogen-bond donors (Lipinski definition) is 1. The van der Waals surface area contributed by atoms with Crippen molar-refractivity contribution in [2.75, 3.05) is 0 Å². The summed E-state index contributed by atoms with van der Waals surface area (Å²) in [7, 11) is 0. The summed E-state index contributed by atoms with van der Waals surface area (Å²) in [5.74, 6) is 0. The van der Waals surface area contributed by atoms with Gasteiger partial charge in [-0.25, -0.2) is 0 Å². The predicted octanol–water partition coefficient (Wildman–Crippen LogP) is 3.90. The van der Waals surface area contributed by atoms with E-state index in [1.165, 1.54) is 44.9 Å². The second kappa shape index (κ2) is 8.83. The molecule has 82 valence electrons. The van der Waals surface area contributed by atoms with Gasteiger partial charge in [0.15, 0.2) is 0 Å². The monoisotopic (exact) mass is 207 g/mol. The fraction of sp³-hybridized carbons (Fsp3) is 1.00. The number of hydrogen-bond acceptors (Lipinski definition) is 1. The molecule has 0 bridgehead atoms. The second-order valence-corrected chi connectivity index (χ2v) is 4.51. The van der Waals surface area contributed by atoms with Gasteiger partial charge in [0, 0.05) is 5.54 Å². The molecule has 0 amide bonds. The van der Waals surface area contributed by atoms with Crippen LogP contribution < -0.4 is 5.73 Å². The molecule has 0 rings (SSSR count). The Bertz CT molecular complexity index is 96.8. The lowest BCUT2D eigenvalue weighted by Gasteiger charge is -2.17. The third-order valence-corrected chi connectivity index (χ3v) is 2.17. The van der Waals surface area contributed by atoms with Crippen LogP contribution in [0.3, 0.4) is 0 Å². The molecular weight excluding hydrogens is 182 g/mol. The van der Waals surface area contributed by atoms with Crippen molar-refractivity contribution in [2.45, 2.75) is 71.3 Å². The van der Waals surface area contributed by atoms with Gasteiger partial charge in [-0.3, -0.25) is 0 Å². The third kappa shape index (κ3) is 15.0. The van der Waals surface area contributed by atoms with Crippen LogP contribution in [0, 0.1) is 0 Å². The van der Waals surface area contributed by atoms with Crippen LogP contribution in [0.25, 0.3) is 0 Å². The Kier molecular flexibility index (Phi) is 10.7. The summed E-state index contributed by atoms with van der Waals surface area (Å²) in [5.41, 5.74) is 5.92. The Morgan fingerprint density at radius 2 is 1.38 bits per heavy atom. The second-order valence-electron chi connectivity index (χ2n) is 4.51. The molecule has 0 aliphatic rings. The van der Waals surface area contributed by atoms with E-state index in [1.807, 2.05) is 0 Å². The average Bonchev–Trinajstić information content (AvgIpc) is 1.94. The van der Waals surface area contributed by atoms with Gasteiger partial charge >= 0.3 is 0 Å². The molecule has 0 aliphatic carbocycles. The van der Waals surface area contributed by atoms with E-state index in [2.05, 4.69) is 20.8 Å². The molecule has 0 aromatic rings. The molecule has 0 spiro atoms. The van der Waals surface area contributed by atoms with Gasteiger partial charge < -0.3 is 5.73 Å². The van der Waals surface area contributed by atoms with Gasteiger partial charge in [-0.1, -0.05) is 45.4 Å². The molecule has 1 nitrogen and oxygen atoms in total. The van der Waals surface area contributed by atoms with Crippen LogP contribution in [0.5, 0.6) is 0 Å². The zero-order valence-corrected chi connectivity index (χ0v) is 10.3. The van der Waals surface area contributed by atoms with E-state index in [1.54, 1.807) is 0 Å². The van der Waals surface area contributed by atoms with Crippen molar-refractivity contribution in [2.24, 2.45) is 5.73 Å². The van der Waals surface area contributed by atoms with E-state index in [0.29, 0.717) is 0 Å². The van der Waals surface area contributed by atoms with Gasteiger partial charge in [0.1, 0.15) is 0 Å². The van der Waals surface area contributed by atoms with Gasteiger partial charge in [0.25, 0.3) is 0 Å². The zero-order chi connectivity index (χ0) is 9.45. The maximum absolute atomic E-state index is 5.88. The van der Waals surface area contributed by atoms with Crippen molar-refractivity contribution in [3.05, 3.63) is 0 Å². The van der Waals surface area contributed by atoms with Gasteiger partial charge in [0.05, 0.1) is 0 Å². The molecule has 0 heterocycles. The van der Waals surface area contributed by atoms with Crippen LogP contribution in [0.2, 0.25) is 0 Å². The molecule has 2 N–H and O–H groups in total. The maximum Gasteiger partial charge on any atom is 0.00970 e. The standard InChI is InChI=1S/C11H25N.ClH/c1-4-5-6-7-8-9-10-11(2,3)12;/h4-10,12H2,1-3H3;1H. The topological polar surface area (TPSA) is 26.0 Å². The Labute approximate surface area is 89.9 Å². The third-order valence-electron chi connectivity index (χ3n) is 2.17. The molecule has 0 saturated carbocycles. The van der Waals surface area contributed by atoms with Gasteiger partial charge in [-0.2, -0.15) is 0 Å². The summed E-state index contributed by atoms with van der Waals surface area (Å²) in [4.78, 5) is 0. The quantitative estimate of drug-likeness (QED) is 0.630. The lowest BCUT2D eigenvalue weighted by Crippen LogP contribution is -2.31. The molecule has 0 saturated heterocycles. The first-order chi connectivity index (χ1) is 5.56. The van der Waals surface area contributed by atoms with Crippen LogP contribution in [0.1, 0.15) is 65.7 Å². The highest BCUT2D eigenvalue weighted by molar-refractivity contribution is 5.85. The summed E-state index contributed by atoms with van der Waals surface area (Å²) in [5, 5.41) is 0. The first kappa shape index (κ1) is 15.7. The lowest BCUT2D eigenvalue weighted by molar-refractivity contribution is 0.441. The minimum Gasteiger partial charge on any atom is -0.326 e. The SMILES string of the molecule is CCCCCCCCC(C)(C)N.Cl. The van der Waals surface area contributed by atoms with Crippen molar-refractivity contribution >= 4 is 12.4 Å². The fourth-order valence-corrected chi connectivity index (χ4v) is 1.36. The van der Waals surface area contributed by atoms with E-state index in [9.17, 15) is 0 Å². The summed E-state index contributed by atoms with van der Waals surface area (Å²) in [6, 6.07) is 0. The van der Waals surface area contributed by atoms with E-state index < -0.39 is 0 Å². The van der Waals surface area contributed by atoms with Crippen molar-refractivity contribution < 1.29 is 0 Å². The number of halogens is 1. The van der Waals surface area contributed by atoms with Crippen LogP contribution in [-0.4, -0.2) is 5.54 Å². The van der Waals surface area contributed by atoms with Crippen molar-refractivity contribution in [1.82, 2.24) is 0 Å². The highest BCUT2D eigenvalue weighted by atomic mass is 35.5. The van der Waals surface area contributed by atoms with Crippen LogP contribution in [0.15, 0.2) is 0 Å². The van der Waals surface area contributed by atoms with E-state index in [0.717, 1.165) is 0 Å². The summed E-state index contributed by atoms with van der Waals surface area (Å²) < 4.78 is 0. The molecular formula is C11H26ClN. The largest absolute Gasteiger partial charge is 0.326 e. The smallest absolute Gasteiger partial charge is 0.00970 e. The maximum atomic E-state index is 5.88. The molecule has 0 aliphatic heterocycles. The van der Waals surface area contributed by atoms with Crippen LogP contribution in [-0.2, 0) is 0 Å². The minimum absolute atomic E-state index is 0. The Balaban J connectivity index is 0. The van der Waals surface area contributed by atoms with Crippen LogP contribution >= 0.6 is 12.4 Å². The minimum atomic E-state index is 0. The van der Waals surface area contributed by atoms with Gasteiger partial charge in [-0.15, -0.1) is 12.4 Å². The Morgan fingerprint density at radius 1 is 0.923 bits per heavy atom. The van der Waals surface area contributed by atoms with E-state index in [4.69, 9.17) is 5.73 Å². The first-order valence-electron chi connectivity index (χ1n) is 5.35. The average molecular weight is 208 g/mol. The van der Waals surface area contributed by atoms with E-state index in [-0.39, 0.29) is 17.9 Å². The highest BCUT2D eigenvalue weighted by Gasteiger charge is 2.08. The molecule has 0 radical (unpaired) electrons. The molecule has 0 aromatic heterocycles. The summed E-state index contributed by atoms with van der Waals surface area (Å²) in [6.45, 7) is 6.47. The van der Waals surface area contributed by atoms with Gasteiger partial charge in [0.2, 0.25) is 0 Å². The Morgan fingerprint density at radius 3 is 1.85 bits per heavy atom. The lowest BCUT2D eigenvalue weighted by atomic mass is 9.97. The molecule has 0 aromatic carbocycles. The highest BCUT2D eigenvalue weighted by Crippen LogP contribution is 2.12. The van der Waals surface area contributed by atoms with Gasteiger partial charge in [-0.05, 0) is 20.3 Å². The molecule has 13 heavy (non-hydrogen) atoms. The Hall–Kier alpha value is 0.250. The molecule has 0 unspecified atom stereocenters. The molecule has 0 fully saturated rings. The van der Waals surface area contributed by atoms with Crippen molar-refractivity contribution in [3.63, 3.8) is 0 Å². The number of nitrogens with two attached hydrogens (primary N) is 1. The van der Waals surface area contributed by atoms with Crippen LogP contribution in [0.4, 0.5) is 0 Å². The normalized spacial score (nSPS) is 11.1. The zero-order valence-electron chi connectivity index (χ0n) is 9.44. The van der Waals surface area contributed by atoms with Crippen molar-refractivity contribution in [3.8, 4) is 0 Å². The fourth-order valence-electron chi connectivity index (χ4n) is 1.36. The van der Waals surface area contributed by atoms with Crippen molar-refractivity contribution in [1.29, 1.82) is 0 Å². The summed E-state index contributed by atoms with van der Waals surface area (Å²) in [6.07, 6.45) is 9.35. The molecule has 2 heteroatoms.